The van der Waals surface area contributed by atoms with Crippen LogP contribution in [0.2, 0.25) is 0 Å². The van der Waals surface area contributed by atoms with Gasteiger partial charge in [0.25, 0.3) is 0 Å². The molecule has 0 rings (SSSR count). The lowest BCUT2D eigenvalue weighted by Crippen LogP contribution is -2.25. The highest BCUT2D eigenvalue weighted by Gasteiger charge is 1.97. The van der Waals surface area contributed by atoms with E-state index in [2.05, 4.69) is 12.2 Å². The van der Waals surface area contributed by atoms with Gasteiger partial charge in [0.2, 0.25) is 5.91 Å². The van der Waals surface area contributed by atoms with Gasteiger partial charge in [-0.3, -0.25) is 4.79 Å². The summed E-state index contributed by atoms with van der Waals surface area (Å²) in [7, 11) is 0. The molecule has 0 aliphatic heterocycles. The standard InChI is InChI=1S/C8H17N2O/c1-2-3-5-8(11)10-7-4-6-9/h1-7,9H2,(H,10,11). The van der Waals surface area contributed by atoms with Gasteiger partial charge in [0.05, 0.1) is 0 Å². The second-order valence-corrected chi connectivity index (χ2v) is 2.45. The Morgan fingerprint density at radius 3 is 2.73 bits per heavy atom. The number of carbonyl (C=O) groups excluding carboxylic acids is 1. The van der Waals surface area contributed by atoms with E-state index < -0.39 is 0 Å². The highest BCUT2D eigenvalue weighted by molar-refractivity contribution is 5.75. The SMILES string of the molecule is [CH2]CCCC(=O)NCCCN. The van der Waals surface area contributed by atoms with Crippen molar-refractivity contribution in [2.75, 3.05) is 13.1 Å². The smallest absolute Gasteiger partial charge is 0.219 e. The molecule has 3 nitrogen and oxygen atoms in total. The molecule has 1 radical (unpaired) electrons. The van der Waals surface area contributed by atoms with E-state index in [0.29, 0.717) is 19.5 Å². The molecule has 3 heteroatoms. The summed E-state index contributed by atoms with van der Waals surface area (Å²) in [4.78, 5) is 10.9. The molecule has 11 heavy (non-hydrogen) atoms. The van der Waals surface area contributed by atoms with Gasteiger partial charge in [-0.25, -0.2) is 0 Å². The molecule has 0 unspecified atom stereocenters. The number of unbranched alkanes of at least 4 members (excludes halogenated alkanes) is 1. The lowest BCUT2D eigenvalue weighted by molar-refractivity contribution is -0.121. The molecule has 1 amide bonds. The maximum Gasteiger partial charge on any atom is 0.219 e. The molecular formula is C8H17N2O. The Morgan fingerprint density at radius 1 is 1.45 bits per heavy atom. The molecule has 0 aromatic carbocycles. The van der Waals surface area contributed by atoms with E-state index in [4.69, 9.17) is 5.73 Å². The van der Waals surface area contributed by atoms with Crippen molar-refractivity contribution in [3.63, 3.8) is 0 Å². The van der Waals surface area contributed by atoms with Crippen molar-refractivity contribution in [2.24, 2.45) is 5.73 Å². The third kappa shape index (κ3) is 7.33. The zero-order valence-corrected chi connectivity index (χ0v) is 6.94. The van der Waals surface area contributed by atoms with Crippen molar-refractivity contribution in [3.05, 3.63) is 6.92 Å². The number of hydrogen-bond donors (Lipinski definition) is 2. The first-order valence-electron chi connectivity index (χ1n) is 4.07. The van der Waals surface area contributed by atoms with E-state index in [1.165, 1.54) is 0 Å². The number of hydrogen-bond acceptors (Lipinski definition) is 2. The van der Waals surface area contributed by atoms with Crippen LogP contribution in [0.5, 0.6) is 0 Å². The average Bonchev–Trinajstić information content (AvgIpc) is 2.01. The average molecular weight is 157 g/mol. The topological polar surface area (TPSA) is 55.1 Å². The maximum absolute atomic E-state index is 10.9. The minimum Gasteiger partial charge on any atom is -0.356 e. The monoisotopic (exact) mass is 157 g/mol. The van der Waals surface area contributed by atoms with Gasteiger partial charge >= 0.3 is 0 Å². The Kier molecular flexibility index (Phi) is 7.15. The summed E-state index contributed by atoms with van der Waals surface area (Å²) in [5, 5.41) is 2.77. The van der Waals surface area contributed by atoms with Crippen LogP contribution in [0, 0.1) is 6.92 Å². The Balaban J connectivity index is 3.09. The van der Waals surface area contributed by atoms with Gasteiger partial charge in [0.1, 0.15) is 0 Å². The van der Waals surface area contributed by atoms with Gasteiger partial charge in [-0.05, 0) is 19.4 Å². The van der Waals surface area contributed by atoms with E-state index in [0.717, 1.165) is 19.3 Å². The first-order valence-corrected chi connectivity index (χ1v) is 4.07. The summed E-state index contributed by atoms with van der Waals surface area (Å²) in [6.45, 7) is 4.99. The number of nitrogens with one attached hydrogen (secondary N) is 1. The van der Waals surface area contributed by atoms with Crippen LogP contribution in [0.25, 0.3) is 0 Å². The fourth-order valence-corrected chi connectivity index (χ4v) is 0.704. The minimum absolute atomic E-state index is 0.113. The second kappa shape index (κ2) is 7.54. The lowest BCUT2D eigenvalue weighted by atomic mass is 10.2. The van der Waals surface area contributed by atoms with Crippen LogP contribution in [0.3, 0.4) is 0 Å². The normalized spacial score (nSPS) is 9.64. The molecule has 0 heterocycles. The molecule has 0 aliphatic rings. The fraction of sp³-hybridized carbons (Fsp3) is 0.750. The van der Waals surface area contributed by atoms with Crippen LogP contribution in [0.1, 0.15) is 25.7 Å². The van der Waals surface area contributed by atoms with Gasteiger partial charge in [-0.2, -0.15) is 0 Å². The molecule has 0 fully saturated rings. The molecule has 3 N–H and O–H groups in total. The zero-order valence-electron chi connectivity index (χ0n) is 6.94. The Bertz CT molecular complexity index is 104. The summed E-state index contributed by atoms with van der Waals surface area (Å²) in [5.74, 6) is 0.113. The quantitative estimate of drug-likeness (QED) is 0.550. The molecular weight excluding hydrogens is 140 g/mol. The summed E-state index contributed by atoms with van der Waals surface area (Å²) >= 11 is 0. The number of amides is 1. The van der Waals surface area contributed by atoms with Gasteiger partial charge < -0.3 is 11.1 Å². The van der Waals surface area contributed by atoms with Crippen LogP contribution in [0.15, 0.2) is 0 Å². The molecule has 65 valence electrons. The van der Waals surface area contributed by atoms with Crippen molar-refractivity contribution in [1.82, 2.24) is 5.32 Å². The largest absolute Gasteiger partial charge is 0.356 e. The first-order chi connectivity index (χ1) is 5.31. The third-order valence-electron chi connectivity index (χ3n) is 1.36. The fourth-order valence-electron chi connectivity index (χ4n) is 0.704. The van der Waals surface area contributed by atoms with Crippen molar-refractivity contribution in [3.8, 4) is 0 Å². The van der Waals surface area contributed by atoms with Crippen LogP contribution in [-0.4, -0.2) is 19.0 Å². The maximum atomic E-state index is 10.9. The summed E-state index contributed by atoms with van der Waals surface area (Å²) in [5.41, 5.74) is 5.25. The molecule has 0 saturated heterocycles. The Labute approximate surface area is 68.3 Å². The van der Waals surface area contributed by atoms with Crippen LogP contribution >= 0.6 is 0 Å². The van der Waals surface area contributed by atoms with Gasteiger partial charge in [-0.15, -0.1) is 0 Å². The lowest BCUT2D eigenvalue weighted by Gasteiger charge is -2.01. The molecule has 0 aromatic rings. The highest BCUT2D eigenvalue weighted by atomic mass is 16.1. The molecule has 0 aromatic heterocycles. The summed E-state index contributed by atoms with van der Waals surface area (Å²) in [6, 6.07) is 0. The van der Waals surface area contributed by atoms with Gasteiger partial charge in [0, 0.05) is 13.0 Å². The summed E-state index contributed by atoms with van der Waals surface area (Å²) < 4.78 is 0. The predicted molar refractivity (Wildman–Crippen MR) is 45.9 cm³/mol. The van der Waals surface area contributed by atoms with Gasteiger partial charge in [0.15, 0.2) is 0 Å². The van der Waals surface area contributed by atoms with Crippen molar-refractivity contribution in [1.29, 1.82) is 0 Å². The number of carbonyl (C=O) groups is 1. The predicted octanol–water partition coefficient (Wildman–Crippen LogP) is 0.456. The zero-order chi connectivity index (χ0) is 8.53. The summed E-state index contributed by atoms with van der Waals surface area (Å²) in [6.07, 6.45) is 3.14. The van der Waals surface area contributed by atoms with E-state index in [1.807, 2.05) is 0 Å². The van der Waals surface area contributed by atoms with Crippen LogP contribution in [0.4, 0.5) is 0 Å². The van der Waals surface area contributed by atoms with E-state index >= 15 is 0 Å². The number of nitrogens with two attached hydrogens (primary N) is 1. The third-order valence-corrected chi connectivity index (χ3v) is 1.36. The van der Waals surface area contributed by atoms with Gasteiger partial charge in [-0.1, -0.05) is 13.3 Å². The van der Waals surface area contributed by atoms with E-state index in [-0.39, 0.29) is 5.91 Å². The molecule has 0 aliphatic carbocycles. The van der Waals surface area contributed by atoms with E-state index in [1.54, 1.807) is 0 Å². The highest BCUT2D eigenvalue weighted by Crippen LogP contribution is 1.92. The van der Waals surface area contributed by atoms with Crippen LogP contribution < -0.4 is 11.1 Å². The first kappa shape index (κ1) is 10.4. The number of rotatable bonds is 6. The van der Waals surface area contributed by atoms with Crippen LogP contribution in [-0.2, 0) is 4.79 Å². The Hall–Kier alpha value is -0.570. The van der Waals surface area contributed by atoms with Crippen molar-refractivity contribution in [2.45, 2.75) is 25.7 Å². The van der Waals surface area contributed by atoms with E-state index in [9.17, 15) is 4.79 Å². The van der Waals surface area contributed by atoms with Crippen molar-refractivity contribution < 1.29 is 4.79 Å². The molecule has 0 saturated carbocycles. The minimum atomic E-state index is 0.113. The Morgan fingerprint density at radius 2 is 2.18 bits per heavy atom. The second-order valence-electron chi connectivity index (χ2n) is 2.45. The molecule has 0 bridgehead atoms. The van der Waals surface area contributed by atoms with Crippen molar-refractivity contribution >= 4 is 5.91 Å². The molecule has 0 spiro atoms. The molecule has 0 atom stereocenters.